The first-order chi connectivity index (χ1) is 10.5. The van der Waals surface area contributed by atoms with E-state index in [9.17, 15) is 9.59 Å². The smallest absolute Gasteiger partial charge is 0.257 e. The Morgan fingerprint density at radius 1 is 1.09 bits per heavy atom. The molecule has 2 aromatic carbocycles. The summed E-state index contributed by atoms with van der Waals surface area (Å²) in [4.78, 5) is 23.7. The highest BCUT2D eigenvalue weighted by Crippen LogP contribution is 2.23. The van der Waals surface area contributed by atoms with Gasteiger partial charge in [-0.3, -0.25) is 9.59 Å². The largest absolute Gasteiger partial charge is 0.326 e. The fourth-order valence-electron chi connectivity index (χ4n) is 1.79. The number of nitrogens with one attached hydrogen (secondary N) is 2. The molecule has 0 aliphatic rings. The van der Waals surface area contributed by atoms with E-state index in [0.717, 1.165) is 4.47 Å². The normalized spacial score (nSPS) is 10.1. The van der Waals surface area contributed by atoms with Crippen molar-refractivity contribution in [2.24, 2.45) is 0 Å². The molecule has 0 fully saturated rings. The average Bonchev–Trinajstić information content (AvgIpc) is 2.49. The molecule has 2 rings (SSSR count). The number of benzene rings is 2. The zero-order valence-electron chi connectivity index (χ0n) is 11.8. The van der Waals surface area contributed by atoms with Crippen molar-refractivity contribution in [1.29, 1.82) is 0 Å². The Hall–Kier alpha value is -1.85. The van der Waals surface area contributed by atoms with Crippen LogP contribution in [0.25, 0.3) is 0 Å². The van der Waals surface area contributed by atoms with Gasteiger partial charge in [0.1, 0.15) is 0 Å². The minimum absolute atomic E-state index is 0.0847. The first-order valence-corrected chi connectivity index (χ1v) is 7.83. The minimum Gasteiger partial charge on any atom is -0.326 e. The SMILES string of the molecule is CCC(=O)Nc1cccc(NC(=O)c2cc(Br)ccc2Cl)c1. The van der Waals surface area contributed by atoms with Crippen molar-refractivity contribution in [3.8, 4) is 0 Å². The predicted octanol–water partition coefficient (Wildman–Crippen LogP) is 4.70. The van der Waals surface area contributed by atoms with Crippen LogP contribution >= 0.6 is 27.5 Å². The fraction of sp³-hybridized carbons (Fsp3) is 0.125. The highest BCUT2D eigenvalue weighted by Gasteiger charge is 2.11. The van der Waals surface area contributed by atoms with Gasteiger partial charge in [-0.25, -0.2) is 0 Å². The third kappa shape index (κ3) is 4.32. The molecular weight excluding hydrogens is 368 g/mol. The minimum atomic E-state index is -0.315. The van der Waals surface area contributed by atoms with Crippen LogP contribution in [0.15, 0.2) is 46.9 Å². The van der Waals surface area contributed by atoms with E-state index in [4.69, 9.17) is 11.6 Å². The van der Waals surface area contributed by atoms with Gasteiger partial charge in [0.15, 0.2) is 0 Å². The lowest BCUT2D eigenvalue weighted by Crippen LogP contribution is -2.13. The molecule has 6 heteroatoms. The Morgan fingerprint density at radius 3 is 2.45 bits per heavy atom. The van der Waals surface area contributed by atoms with Crippen molar-refractivity contribution in [3.63, 3.8) is 0 Å². The number of carbonyl (C=O) groups excluding carboxylic acids is 2. The van der Waals surface area contributed by atoms with Crippen LogP contribution in [0.2, 0.25) is 5.02 Å². The van der Waals surface area contributed by atoms with Crippen molar-refractivity contribution in [3.05, 3.63) is 57.5 Å². The Labute approximate surface area is 142 Å². The lowest BCUT2D eigenvalue weighted by atomic mass is 10.2. The number of hydrogen-bond acceptors (Lipinski definition) is 2. The molecule has 22 heavy (non-hydrogen) atoms. The van der Waals surface area contributed by atoms with Gasteiger partial charge < -0.3 is 10.6 Å². The monoisotopic (exact) mass is 380 g/mol. The summed E-state index contributed by atoms with van der Waals surface area (Å²) < 4.78 is 0.769. The zero-order valence-corrected chi connectivity index (χ0v) is 14.2. The van der Waals surface area contributed by atoms with E-state index in [-0.39, 0.29) is 11.8 Å². The maximum atomic E-state index is 12.3. The number of amides is 2. The molecule has 0 atom stereocenters. The zero-order chi connectivity index (χ0) is 16.1. The van der Waals surface area contributed by atoms with Crippen molar-refractivity contribution in [2.45, 2.75) is 13.3 Å². The lowest BCUT2D eigenvalue weighted by Gasteiger charge is -2.09. The maximum Gasteiger partial charge on any atom is 0.257 e. The summed E-state index contributed by atoms with van der Waals surface area (Å²) in [6.07, 6.45) is 0.393. The van der Waals surface area contributed by atoms with Gasteiger partial charge in [-0.1, -0.05) is 40.5 Å². The second kappa shape index (κ2) is 7.42. The topological polar surface area (TPSA) is 58.2 Å². The quantitative estimate of drug-likeness (QED) is 0.806. The van der Waals surface area contributed by atoms with Gasteiger partial charge >= 0.3 is 0 Å². The summed E-state index contributed by atoms with van der Waals surface area (Å²) in [5.41, 5.74) is 1.58. The number of halogens is 2. The van der Waals surface area contributed by atoms with Crippen molar-refractivity contribution >= 4 is 50.7 Å². The van der Waals surface area contributed by atoms with Crippen molar-refractivity contribution in [2.75, 3.05) is 10.6 Å². The van der Waals surface area contributed by atoms with E-state index in [1.807, 2.05) is 0 Å². The number of hydrogen-bond donors (Lipinski definition) is 2. The van der Waals surface area contributed by atoms with Gasteiger partial charge in [0.05, 0.1) is 10.6 Å². The molecule has 0 spiro atoms. The predicted molar refractivity (Wildman–Crippen MR) is 92.5 cm³/mol. The molecule has 0 saturated heterocycles. The Morgan fingerprint density at radius 2 is 1.77 bits per heavy atom. The summed E-state index contributed by atoms with van der Waals surface area (Å²) >= 11 is 9.35. The molecule has 0 bridgehead atoms. The molecule has 2 aromatic rings. The molecule has 0 saturated carbocycles. The van der Waals surface area contributed by atoms with Crippen molar-refractivity contribution in [1.82, 2.24) is 0 Å². The van der Waals surface area contributed by atoms with Crippen LogP contribution in [0.1, 0.15) is 23.7 Å². The fourth-order valence-corrected chi connectivity index (χ4v) is 2.36. The number of rotatable bonds is 4. The van der Waals surface area contributed by atoms with E-state index in [2.05, 4.69) is 26.6 Å². The van der Waals surface area contributed by atoms with Crippen LogP contribution in [0.5, 0.6) is 0 Å². The van der Waals surface area contributed by atoms with Crippen molar-refractivity contribution < 1.29 is 9.59 Å². The van der Waals surface area contributed by atoms with E-state index in [1.165, 1.54) is 0 Å². The summed E-state index contributed by atoms with van der Waals surface area (Å²) in [6, 6.07) is 12.0. The number of carbonyl (C=O) groups is 2. The average molecular weight is 382 g/mol. The molecule has 2 N–H and O–H groups in total. The Kier molecular flexibility index (Phi) is 5.57. The second-order valence-corrected chi connectivity index (χ2v) is 5.88. The highest BCUT2D eigenvalue weighted by molar-refractivity contribution is 9.10. The first kappa shape index (κ1) is 16.5. The second-order valence-electron chi connectivity index (χ2n) is 4.56. The number of anilines is 2. The lowest BCUT2D eigenvalue weighted by molar-refractivity contribution is -0.115. The summed E-state index contributed by atoms with van der Waals surface area (Å²) in [6.45, 7) is 1.77. The van der Waals surface area contributed by atoms with Crippen LogP contribution < -0.4 is 10.6 Å². The standard InChI is InChI=1S/C16H14BrClN2O2/c1-2-15(21)19-11-4-3-5-12(9-11)20-16(22)13-8-10(17)6-7-14(13)18/h3-9H,2H2,1H3,(H,19,21)(H,20,22). The molecule has 0 aliphatic heterocycles. The van der Waals surface area contributed by atoms with Gasteiger partial charge in [-0.15, -0.1) is 0 Å². The first-order valence-electron chi connectivity index (χ1n) is 6.66. The summed E-state index contributed by atoms with van der Waals surface area (Å²) in [7, 11) is 0. The van der Waals surface area contributed by atoms with Gasteiger partial charge in [-0.05, 0) is 36.4 Å². The third-order valence-electron chi connectivity index (χ3n) is 2.90. The maximum absolute atomic E-state index is 12.3. The van der Waals surface area contributed by atoms with Gasteiger partial charge in [0, 0.05) is 22.3 Å². The molecule has 0 radical (unpaired) electrons. The summed E-state index contributed by atoms with van der Waals surface area (Å²) in [5.74, 6) is -0.399. The van der Waals surface area contributed by atoms with E-state index in [0.29, 0.717) is 28.4 Å². The Balaban J connectivity index is 2.16. The molecule has 0 heterocycles. The van der Waals surface area contributed by atoms with Gasteiger partial charge in [0.25, 0.3) is 5.91 Å². The van der Waals surface area contributed by atoms with Gasteiger partial charge in [-0.2, -0.15) is 0 Å². The summed E-state index contributed by atoms with van der Waals surface area (Å²) in [5, 5.41) is 5.88. The van der Waals surface area contributed by atoms with Crippen LogP contribution in [0.3, 0.4) is 0 Å². The molecule has 0 unspecified atom stereocenters. The molecule has 2 amide bonds. The highest BCUT2D eigenvalue weighted by atomic mass is 79.9. The van der Waals surface area contributed by atoms with Crippen LogP contribution in [-0.2, 0) is 4.79 Å². The third-order valence-corrected chi connectivity index (χ3v) is 3.72. The Bertz CT molecular complexity index is 719. The molecule has 0 aliphatic carbocycles. The van der Waals surface area contributed by atoms with Crippen LogP contribution in [0, 0.1) is 0 Å². The molecule has 4 nitrogen and oxygen atoms in total. The van der Waals surface area contributed by atoms with Gasteiger partial charge in [0.2, 0.25) is 5.91 Å². The van der Waals surface area contributed by atoms with E-state index in [1.54, 1.807) is 49.4 Å². The van der Waals surface area contributed by atoms with E-state index < -0.39 is 0 Å². The molecule has 114 valence electrons. The molecule has 0 aromatic heterocycles. The molecular formula is C16H14BrClN2O2. The van der Waals surface area contributed by atoms with Crippen LogP contribution in [-0.4, -0.2) is 11.8 Å². The van der Waals surface area contributed by atoms with E-state index >= 15 is 0 Å². The van der Waals surface area contributed by atoms with Crippen LogP contribution in [0.4, 0.5) is 11.4 Å².